The van der Waals surface area contributed by atoms with E-state index in [9.17, 15) is 4.79 Å². The molecular weight excluding hydrogens is 390 g/mol. The van der Waals surface area contributed by atoms with Gasteiger partial charge in [0.2, 0.25) is 17.7 Å². The van der Waals surface area contributed by atoms with E-state index in [1.54, 1.807) is 25.6 Å². The highest BCUT2D eigenvalue weighted by Crippen LogP contribution is 2.26. The van der Waals surface area contributed by atoms with Gasteiger partial charge in [0.15, 0.2) is 0 Å². The normalized spacial score (nSPS) is 11.8. The van der Waals surface area contributed by atoms with E-state index in [0.717, 1.165) is 23.5 Å². The van der Waals surface area contributed by atoms with Crippen LogP contribution >= 0.6 is 11.3 Å². The average molecular weight is 416 g/mol. The van der Waals surface area contributed by atoms with E-state index in [1.807, 2.05) is 36.6 Å². The van der Waals surface area contributed by atoms with Crippen molar-refractivity contribution in [3.63, 3.8) is 0 Å². The highest BCUT2D eigenvalue weighted by molar-refractivity contribution is 7.09. The van der Waals surface area contributed by atoms with Crippen LogP contribution in [0.5, 0.6) is 11.5 Å². The maximum atomic E-state index is 12.2. The number of nitrogens with zero attached hydrogens (tertiary/aromatic N) is 2. The molecular formula is C21H25N3O4S. The number of rotatable bonds is 10. The van der Waals surface area contributed by atoms with Crippen molar-refractivity contribution < 1.29 is 18.7 Å². The van der Waals surface area contributed by atoms with E-state index in [0.29, 0.717) is 31.0 Å². The third-order valence-electron chi connectivity index (χ3n) is 4.40. The predicted octanol–water partition coefficient (Wildman–Crippen LogP) is 3.42. The van der Waals surface area contributed by atoms with Crippen molar-refractivity contribution in [3.8, 4) is 11.5 Å². The van der Waals surface area contributed by atoms with Gasteiger partial charge in [0.05, 0.1) is 20.6 Å². The number of aromatic nitrogens is 2. The Morgan fingerprint density at radius 3 is 2.76 bits per heavy atom. The summed E-state index contributed by atoms with van der Waals surface area (Å²) in [5.74, 6) is 2.35. The number of amides is 1. The second-order valence-electron chi connectivity index (χ2n) is 6.70. The molecule has 29 heavy (non-hydrogen) atoms. The second kappa shape index (κ2) is 10.1. The summed E-state index contributed by atoms with van der Waals surface area (Å²) in [6.07, 6.45) is 1.96. The maximum absolute atomic E-state index is 12.2. The standard InChI is InChI=1S/C21H25N3O4S/c1-14(11-17-5-4-10-29-17)22-19(25)8-9-20-23-24-21(28-20)13-15-12-16(26-2)6-7-18(15)27-3/h4-7,10,12,14H,8-9,11,13H2,1-3H3,(H,22,25)/t14-/m0/s1. The number of benzene rings is 1. The SMILES string of the molecule is COc1ccc(OC)c(Cc2nnc(CCC(=O)N[C@@H](C)Cc3cccs3)o2)c1. The number of aryl methyl sites for hydroxylation is 1. The Bertz CT molecular complexity index is 924. The first-order valence-corrected chi connectivity index (χ1v) is 10.3. The van der Waals surface area contributed by atoms with Gasteiger partial charge in [-0.2, -0.15) is 0 Å². The first-order valence-electron chi connectivity index (χ1n) is 9.41. The Kier molecular flexibility index (Phi) is 7.24. The zero-order chi connectivity index (χ0) is 20.6. The van der Waals surface area contributed by atoms with Crippen LogP contribution in [0.4, 0.5) is 0 Å². The molecule has 0 aliphatic carbocycles. The Labute approximate surface area is 174 Å². The van der Waals surface area contributed by atoms with Gasteiger partial charge < -0.3 is 19.2 Å². The first-order chi connectivity index (χ1) is 14.1. The molecule has 0 radical (unpaired) electrons. The molecule has 3 aromatic rings. The number of nitrogens with one attached hydrogen (secondary N) is 1. The van der Waals surface area contributed by atoms with Gasteiger partial charge in [0.25, 0.3) is 0 Å². The third-order valence-corrected chi connectivity index (χ3v) is 5.30. The quantitative estimate of drug-likeness (QED) is 0.546. The van der Waals surface area contributed by atoms with Crippen molar-refractivity contribution in [2.45, 2.75) is 38.6 Å². The summed E-state index contributed by atoms with van der Waals surface area (Å²) >= 11 is 1.70. The number of carbonyl (C=O) groups excluding carboxylic acids is 1. The molecule has 0 aliphatic heterocycles. The number of carbonyl (C=O) groups is 1. The molecule has 2 aromatic heterocycles. The van der Waals surface area contributed by atoms with Crippen LogP contribution in [0.1, 0.15) is 35.6 Å². The van der Waals surface area contributed by atoms with E-state index >= 15 is 0 Å². The van der Waals surface area contributed by atoms with Crippen LogP contribution < -0.4 is 14.8 Å². The largest absolute Gasteiger partial charge is 0.497 e. The second-order valence-corrected chi connectivity index (χ2v) is 7.73. The van der Waals surface area contributed by atoms with Crippen LogP contribution in [-0.2, 0) is 24.1 Å². The minimum atomic E-state index is -0.0247. The Hall–Kier alpha value is -2.87. The van der Waals surface area contributed by atoms with Crippen molar-refractivity contribution >= 4 is 17.2 Å². The average Bonchev–Trinajstić information content (AvgIpc) is 3.38. The third kappa shape index (κ3) is 6.05. The number of hydrogen-bond donors (Lipinski definition) is 1. The van der Waals surface area contributed by atoms with E-state index in [2.05, 4.69) is 21.6 Å². The van der Waals surface area contributed by atoms with Crippen molar-refractivity contribution in [1.82, 2.24) is 15.5 Å². The Morgan fingerprint density at radius 1 is 1.21 bits per heavy atom. The fraction of sp³-hybridized carbons (Fsp3) is 0.381. The summed E-state index contributed by atoms with van der Waals surface area (Å²) in [6, 6.07) is 9.73. The van der Waals surface area contributed by atoms with Crippen LogP contribution in [0.15, 0.2) is 40.1 Å². The lowest BCUT2D eigenvalue weighted by molar-refractivity contribution is -0.121. The van der Waals surface area contributed by atoms with Gasteiger partial charge in [-0.3, -0.25) is 4.79 Å². The molecule has 1 aromatic carbocycles. The smallest absolute Gasteiger partial charge is 0.221 e. The number of ether oxygens (including phenoxy) is 2. The minimum Gasteiger partial charge on any atom is -0.497 e. The van der Waals surface area contributed by atoms with Gasteiger partial charge in [-0.1, -0.05) is 6.07 Å². The van der Waals surface area contributed by atoms with Crippen molar-refractivity contribution in [2.75, 3.05) is 14.2 Å². The van der Waals surface area contributed by atoms with E-state index in [4.69, 9.17) is 13.9 Å². The van der Waals surface area contributed by atoms with Crippen LogP contribution in [0.2, 0.25) is 0 Å². The molecule has 0 bridgehead atoms. The van der Waals surface area contributed by atoms with Gasteiger partial charge in [-0.15, -0.1) is 21.5 Å². The molecule has 1 amide bonds. The van der Waals surface area contributed by atoms with Crippen LogP contribution in [0.3, 0.4) is 0 Å². The topological polar surface area (TPSA) is 86.5 Å². The summed E-state index contributed by atoms with van der Waals surface area (Å²) < 4.78 is 16.3. The molecule has 2 heterocycles. The lowest BCUT2D eigenvalue weighted by Gasteiger charge is -2.12. The van der Waals surface area contributed by atoms with Gasteiger partial charge in [-0.25, -0.2) is 0 Å². The zero-order valence-electron chi connectivity index (χ0n) is 16.8. The fourth-order valence-corrected chi connectivity index (χ4v) is 3.83. The molecule has 8 heteroatoms. The summed E-state index contributed by atoms with van der Waals surface area (Å²) in [6.45, 7) is 2.00. The molecule has 1 N–H and O–H groups in total. The molecule has 7 nitrogen and oxygen atoms in total. The summed E-state index contributed by atoms with van der Waals surface area (Å²) in [4.78, 5) is 13.4. The van der Waals surface area contributed by atoms with Crippen LogP contribution in [0.25, 0.3) is 0 Å². The lowest BCUT2D eigenvalue weighted by Crippen LogP contribution is -2.34. The molecule has 154 valence electrons. The molecule has 0 fully saturated rings. The maximum Gasteiger partial charge on any atom is 0.221 e. The number of methoxy groups -OCH3 is 2. The molecule has 3 rings (SSSR count). The van der Waals surface area contributed by atoms with Gasteiger partial charge in [-0.05, 0) is 36.6 Å². The van der Waals surface area contributed by atoms with Crippen LogP contribution in [-0.4, -0.2) is 36.4 Å². The van der Waals surface area contributed by atoms with E-state index < -0.39 is 0 Å². The molecule has 1 atom stereocenters. The lowest BCUT2D eigenvalue weighted by atomic mass is 10.1. The molecule has 0 saturated carbocycles. The number of thiophene rings is 1. The summed E-state index contributed by atoms with van der Waals surface area (Å²) in [5.41, 5.74) is 0.891. The Balaban J connectivity index is 1.51. The molecule has 0 aliphatic rings. The zero-order valence-corrected chi connectivity index (χ0v) is 17.6. The fourth-order valence-electron chi connectivity index (χ4n) is 2.99. The van der Waals surface area contributed by atoms with Crippen molar-refractivity contribution in [2.24, 2.45) is 0 Å². The molecule has 0 spiro atoms. The molecule has 0 saturated heterocycles. The van der Waals surface area contributed by atoms with Gasteiger partial charge in [0, 0.05) is 35.7 Å². The van der Waals surface area contributed by atoms with Crippen LogP contribution in [0, 0.1) is 0 Å². The molecule has 0 unspecified atom stereocenters. The number of hydrogen-bond acceptors (Lipinski definition) is 7. The summed E-state index contributed by atoms with van der Waals surface area (Å²) in [5, 5.41) is 13.2. The summed E-state index contributed by atoms with van der Waals surface area (Å²) in [7, 11) is 3.23. The first kappa shape index (κ1) is 20.9. The van der Waals surface area contributed by atoms with Crippen molar-refractivity contribution in [3.05, 3.63) is 57.9 Å². The Morgan fingerprint density at radius 2 is 2.03 bits per heavy atom. The monoisotopic (exact) mass is 415 g/mol. The highest BCUT2D eigenvalue weighted by atomic mass is 32.1. The van der Waals surface area contributed by atoms with Crippen molar-refractivity contribution in [1.29, 1.82) is 0 Å². The predicted molar refractivity (Wildman–Crippen MR) is 111 cm³/mol. The van der Waals surface area contributed by atoms with Gasteiger partial charge in [0.1, 0.15) is 11.5 Å². The minimum absolute atomic E-state index is 0.0247. The highest BCUT2D eigenvalue weighted by Gasteiger charge is 2.14. The van der Waals surface area contributed by atoms with E-state index in [-0.39, 0.29) is 11.9 Å². The van der Waals surface area contributed by atoms with Gasteiger partial charge >= 0.3 is 0 Å². The van der Waals surface area contributed by atoms with E-state index in [1.165, 1.54) is 4.88 Å².